The molecule has 1 aliphatic heterocycles. The van der Waals surface area contributed by atoms with Gasteiger partial charge in [0.05, 0.1) is 23.0 Å². The monoisotopic (exact) mass is 714 g/mol. The van der Waals surface area contributed by atoms with Gasteiger partial charge >= 0.3 is 5.97 Å². The van der Waals surface area contributed by atoms with Crippen molar-refractivity contribution in [3.05, 3.63) is 143 Å². The molecular formula is C46H54N2O5. The zero-order valence-corrected chi connectivity index (χ0v) is 31.5. The molecule has 0 bridgehead atoms. The molecule has 2 fully saturated rings. The second-order valence-electron chi connectivity index (χ2n) is 15.8. The summed E-state index contributed by atoms with van der Waals surface area (Å²) in [6.45, 7) is 9.87. The second kappa shape index (κ2) is 17.0. The Kier molecular flexibility index (Phi) is 12.7. The molecule has 1 saturated heterocycles. The maximum absolute atomic E-state index is 12.1. The van der Waals surface area contributed by atoms with Gasteiger partial charge in [-0.25, -0.2) is 0 Å². The van der Waals surface area contributed by atoms with Crippen molar-refractivity contribution in [2.45, 2.75) is 88.8 Å². The molecule has 2 aliphatic rings. The van der Waals surface area contributed by atoms with Gasteiger partial charge in [0.25, 0.3) is 0 Å². The van der Waals surface area contributed by atoms with E-state index in [0.29, 0.717) is 6.42 Å². The summed E-state index contributed by atoms with van der Waals surface area (Å²) in [5.41, 5.74) is 2.73. The minimum absolute atomic E-state index is 0.132. The van der Waals surface area contributed by atoms with Crippen LogP contribution < -0.4 is 0 Å². The smallest absolute Gasteiger partial charge is 0.313 e. The normalized spacial score (nSPS) is 16.2. The predicted molar refractivity (Wildman–Crippen MR) is 208 cm³/mol. The Morgan fingerprint density at radius 2 is 1.26 bits per heavy atom. The number of nitrogens with zero attached hydrogens (tertiary/aromatic N) is 2. The number of aliphatic hydroxyl groups excluding tert-OH is 1. The Labute approximate surface area is 314 Å². The largest absolute Gasteiger partial charge is 0.481 e. The number of rotatable bonds is 13. The zero-order valence-electron chi connectivity index (χ0n) is 31.5. The molecule has 3 N–H and O–H groups in total. The molecule has 0 spiro atoms. The van der Waals surface area contributed by atoms with E-state index in [1.165, 1.54) is 0 Å². The van der Waals surface area contributed by atoms with Crippen LogP contribution in [0.4, 0.5) is 0 Å². The number of carboxylic acids is 1. The van der Waals surface area contributed by atoms with Crippen molar-refractivity contribution in [2.24, 2.45) is 11.8 Å². The lowest BCUT2D eigenvalue weighted by atomic mass is 9.72. The molecule has 6 rings (SSSR count). The molecule has 1 unspecified atom stereocenters. The third-order valence-electron chi connectivity index (χ3n) is 11.2. The number of carboxylic acid groups (broad SMARTS) is 1. The zero-order chi connectivity index (χ0) is 38.2. The fourth-order valence-electron chi connectivity index (χ4n) is 7.21. The van der Waals surface area contributed by atoms with Gasteiger partial charge in [-0.15, -0.1) is 0 Å². The highest BCUT2D eigenvalue weighted by Crippen LogP contribution is 2.42. The number of carbonyl (C=O) groups is 2. The van der Waals surface area contributed by atoms with Crippen LogP contribution in [0.25, 0.3) is 0 Å². The first-order valence-corrected chi connectivity index (χ1v) is 18.9. The van der Waals surface area contributed by atoms with Crippen molar-refractivity contribution in [3.63, 3.8) is 0 Å². The second-order valence-corrected chi connectivity index (χ2v) is 15.8. The molecule has 1 heterocycles. The summed E-state index contributed by atoms with van der Waals surface area (Å²) in [4.78, 5) is 25.7. The highest BCUT2D eigenvalue weighted by molar-refractivity contribution is 5.99. The molecule has 0 aromatic heterocycles. The average molecular weight is 715 g/mol. The Morgan fingerprint density at radius 3 is 1.74 bits per heavy atom. The average Bonchev–Trinajstić information content (AvgIpc) is 4.04. The highest BCUT2D eigenvalue weighted by Gasteiger charge is 2.41. The SMILES string of the molecule is CC(C)(C#N)c1ccc(C(=O)C2CC2)cc1.CC(C)(C(=O)O)c1ccc(C(O)CCCN2CCC(C(O)(c3ccccc3)c3ccccc3)CC2)cc1. The standard InChI is InChI=1S/C32H39NO4.C14H15NO/c1-31(2,30(35)36)25-17-15-24(16-18-25)29(34)14-9-21-33-22-19-28(20-23-33)32(37,26-10-5-3-6-11-26)27-12-7-4-8-13-27;1-14(2,9-15)12-7-5-11(6-8-12)13(16)10-3-4-10/h3-8,10-13,15-18,28-29,34,37H,9,14,19-23H2,1-2H3,(H,35,36);5-8,10H,3-4H2,1-2H3. The van der Waals surface area contributed by atoms with Gasteiger partial charge in [-0.2, -0.15) is 5.26 Å². The Morgan fingerprint density at radius 1 is 0.755 bits per heavy atom. The van der Waals surface area contributed by atoms with E-state index in [-0.39, 0.29) is 17.6 Å². The van der Waals surface area contributed by atoms with Crippen LogP contribution in [-0.4, -0.2) is 51.6 Å². The van der Waals surface area contributed by atoms with Crippen LogP contribution in [0.15, 0.2) is 109 Å². The van der Waals surface area contributed by atoms with Crippen molar-refractivity contribution < 1.29 is 24.9 Å². The van der Waals surface area contributed by atoms with Crippen LogP contribution in [-0.2, 0) is 21.2 Å². The molecule has 1 atom stereocenters. The van der Waals surface area contributed by atoms with Crippen molar-refractivity contribution >= 4 is 11.8 Å². The van der Waals surface area contributed by atoms with Crippen molar-refractivity contribution in [1.82, 2.24) is 4.90 Å². The number of carbonyl (C=O) groups excluding carboxylic acids is 1. The summed E-state index contributed by atoms with van der Waals surface area (Å²) >= 11 is 0. The van der Waals surface area contributed by atoms with Crippen molar-refractivity contribution in [3.8, 4) is 6.07 Å². The van der Waals surface area contributed by atoms with E-state index < -0.39 is 28.5 Å². The molecule has 7 heteroatoms. The van der Waals surface area contributed by atoms with Crippen LogP contribution in [0.1, 0.15) is 110 Å². The van der Waals surface area contributed by atoms with E-state index in [0.717, 1.165) is 85.1 Å². The summed E-state index contributed by atoms with van der Waals surface area (Å²) in [6.07, 6.45) is 4.83. The van der Waals surface area contributed by atoms with E-state index in [4.69, 9.17) is 5.26 Å². The summed E-state index contributed by atoms with van der Waals surface area (Å²) in [5, 5.41) is 41.2. The molecule has 1 saturated carbocycles. The number of likely N-dealkylation sites (tertiary alicyclic amines) is 1. The molecule has 1 aliphatic carbocycles. The lowest BCUT2D eigenvalue weighted by molar-refractivity contribution is -0.142. The summed E-state index contributed by atoms with van der Waals surface area (Å²) in [7, 11) is 0. The number of Topliss-reactive ketones (excluding diaryl/α,β-unsaturated/α-hetero) is 1. The lowest BCUT2D eigenvalue weighted by Crippen LogP contribution is -2.44. The molecule has 0 radical (unpaired) electrons. The maximum Gasteiger partial charge on any atom is 0.313 e. The number of aliphatic hydroxyl groups is 2. The number of nitriles is 1. The minimum atomic E-state index is -1.01. The topological polar surface area (TPSA) is 122 Å². The molecule has 7 nitrogen and oxygen atoms in total. The van der Waals surface area contributed by atoms with Crippen LogP contribution in [0, 0.1) is 23.2 Å². The summed E-state index contributed by atoms with van der Waals surface area (Å²) < 4.78 is 0. The van der Waals surface area contributed by atoms with Crippen LogP contribution >= 0.6 is 0 Å². The Balaban J connectivity index is 0.000000281. The van der Waals surface area contributed by atoms with E-state index >= 15 is 0 Å². The molecule has 278 valence electrons. The van der Waals surface area contributed by atoms with E-state index in [1.54, 1.807) is 26.0 Å². The fraction of sp³-hybridized carbons (Fsp3) is 0.413. The third-order valence-corrected chi connectivity index (χ3v) is 11.2. The minimum Gasteiger partial charge on any atom is -0.481 e. The first-order chi connectivity index (χ1) is 25.3. The fourth-order valence-corrected chi connectivity index (χ4v) is 7.21. The predicted octanol–water partition coefficient (Wildman–Crippen LogP) is 8.59. The lowest BCUT2D eigenvalue weighted by Gasteiger charge is -2.42. The Bertz CT molecular complexity index is 1790. The number of piperidine rings is 1. The van der Waals surface area contributed by atoms with Gasteiger partial charge in [-0.05, 0) is 120 Å². The van der Waals surface area contributed by atoms with Crippen LogP contribution in [0.3, 0.4) is 0 Å². The maximum atomic E-state index is 12.1. The van der Waals surface area contributed by atoms with Gasteiger partial charge in [0.1, 0.15) is 5.60 Å². The van der Waals surface area contributed by atoms with Gasteiger partial charge in [-0.3, -0.25) is 9.59 Å². The summed E-state index contributed by atoms with van der Waals surface area (Å²) in [5.74, 6) is -0.223. The molecule has 4 aromatic rings. The first kappa shape index (κ1) is 39.6. The molecule has 0 amide bonds. The first-order valence-electron chi connectivity index (χ1n) is 18.9. The van der Waals surface area contributed by atoms with E-state index in [9.17, 15) is 24.9 Å². The third kappa shape index (κ3) is 9.50. The van der Waals surface area contributed by atoms with Gasteiger partial charge in [0.2, 0.25) is 0 Å². The van der Waals surface area contributed by atoms with Gasteiger partial charge in [-0.1, -0.05) is 109 Å². The number of aliphatic carboxylic acids is 1. The number of benzene rings is 4. The van der Waals surface area contributed by atoms with Crippen LogP contribution in [0.5, 0.6) is 0 Å². The Hall–Kier alpha value is -4.61. The van der Waals surface area contributed by atoms with Gasteiger partial charge in [0, 0.05) is 11.5 Å². The molecule has 4 aromatic carbocycles. The van der Waals surface area contributed by atoms with E-state index in [1.807, 2.05) is 111 Å². The van der Waals surface area contributed by atoms with Gasteiger partial charge in [0.15, 0.2) is 5.78 Å². The quantitative estimate of drug-likeness (QED) is 0.119. The molecule has 53 heavy (non-hydrogen) atoms. The van der Waals surface area contributed by atoms with Crippen molar-refractivity contribution in [2.75, 3.05) is 19.6 Å². The van der Waals surface area contributed by atoms with Crippen LogP contribution in [0.2, 0.25) is 0 Å². The van der Waals surface area contributed by atoms with Crippen molar-refractivity contribution in [1.29, 1.82) is 5.26 Å². The highest BCUT2D eigenvalue weighted by atomic mass is 16.4. The molecular weight excluding hydrogens is 661 g/mol. The summed E-state index contributed by atoms with van der Waals surface area (Å²) in [6, 6.07) is 37.0. The number of ketones is 1. The van der Waals surface area contributed by atoms with E-state index in [2.05, 4.69) is 11.0 Å². The number of hydrogen-bond donors (Lipinski definition) is 3. The number of hydrogen-bond acceptors (Lipinski definition) is 6. The van der Waals surface area contributed by atoms with Gasteiger partial charge < -0.3 is 20.2 Å².